The fraction of sp³-hybridized carbons (Fsp3) is 0.667. The third-order valence-electron chi connectivity index (χ3n) is 3.80. The summed E-state index contributed by atoms with van der Waals surface area (Å²) < 4.78 is 5.97. The molecule has 2 aliphatic carbocycles. The van der Waals surface area contributed by atoms with Gasteiger partial charge in [-0.25, -0.2) is 0 Å². The lowest BCUT2D eigenvalue weighted by Gasteiger charge is -2.22. The molecule has 1 aromatic rings. The first-order chi connectivity index (χ1) is 8.90. The molecule has 0 atom stereocenters. The maximum atomic E-state index is 5.97. The van der Waals surface area contributed by atoms with Crippen LogP contribution in [-0.4, -0.2) is 17.1 Å². The van der Waals surface area contributed by atoms with Crippen LogP contribution in [0.25, 0.3) is 0 Å². The normalized spacial score (nSPS) is 20.9. The fourth-order valence-corrected chi connectivity index (χ4v) is 2.50. The molecule has 0 radical (unpaired) electrons. The summed E-state index contributed by atoms with van der Waals surface area (Å²) in [6, 6.07) is 4.88. The van der Waals surface area contributed by atoms with Gasteiger partial charge in [-0.2, -0.15) is 0 Å². The zero-order valence-corrected chi connectivity index (χ0v) is 10.9. The molecule has 3 nitrogen and oxygen atoms in total. The average Bonchev–Trinajstić information content (AvgIpc) is 3.23. The van der Waals surface area contributed by atoms with Crippen LogP contribution in [0.5, 0.6) is 5.75 Å². The van der Waals surface area contributed by atoms with Gasteiger partial charge in [-0.3, -0.25) is 4.98 Å². The van der Waals surface area contributed by atoms with E-state index in [9.17, 15) is 0 Å². The molecular weight excluding hydrogens is 224 g/mol. The van der Waals surface area contributed by atoms with Gasteiger partial charge in [-0.15, -0.1) is 0 Å². The van der Waals surface area contributed by atoms with Gasteiger partial charge >= 0.3 is 0 Å². The lowest BCUT2D eigenvalue weighted by atomic mass is 9.98. The maximum Gasteiger partial charge on any atom is 0.138 e. The van der Waals surface area contributed by atoms with Gasteiger partial charge in [0, 0.05) is 12.6 Å². The van der Waals surface area contributed by atoms with E-state index in [2.05, 4.69) is 22.4 Å². The largest absolute Gasteiger partial charge is 0.489 e. The minimum Gasteiger partial charge on any atom is -0.489 e. The first-order valence-corrected chi connectivity index (χ1v) is 7.25. The van der Waals surface area contributed by atoms with Crippen molar-refractivity contribution in [1.82, 2.24) is 10.3 Å². The molecule has 3 heteroatoms. The molecule has 0 amide bonds. The molecule has 2 aliphatic rings. The lowest BCUT2D eigenvalue weighted by Crippen LogP contribution is -2.20. The molecule has 1 heterocycles. The van der Waals surface area contributed by atoms with E-state index in [0.717, 1.165) is 24.0 Å². The molecule has 1 N–H and O–H groups in total. The Hall–Kier alpha value is -1.09. The molecule has 0 saturated heterocycles. The van der Waals surface area contributed by atoms with Gasteiger partial charge in [0.25, 0.3) is 0 Å². The quantitative estimate of drug-likeness (QED) is 0.867. The molecule has 0 aromatic carbocycles. The molecule has 0 aliphatic heterocycles. The highest BCUT2D eigenvalue weighted by atomic mass is 16.5. The lowest BCUT2D eigenvalue weighted by molar-refractivity contribution is 0.154. The van der Waals surface area contributed by atoms with Crippen molar-refractivity contribution in [1.29, 1.82) is 0 Å². The first kappa shape index (κ1) is 12.0. The molecule has 0 unspecified atom stereocenters. The van der Waals surface area contributed by atoms with Gasteiger partial charge < -0.3 is 10.1 Å². The molecule has 0 spiro atoms. The van der Waals surface area contributed by atoms with E-state index >= 15 is 0 Å². The second kappa shape index (κ2) is 5.70. The van der Waals surface area contributed by atoms with Gasteiger partial charge in [0.2, 0.25) is 0 Å². The molecular formula is C15H22N2O. The number of rotatable bonds is 5. The van der Waals surface area contributed by atoms with Crippen LogP contribution in [0.2, 0.25) is 0 Å². The Morgan fingerprint density at radius 3 is 2.61 bits per heavy atom. The predicted molar refractivity (Wildman–Crippen MR) is 71.6 cm³/mol. The van der Waals surface area contributed by atoms with Crippen LogP contribution in [-0.2, 0) is 6.54 Å². The highest BCUT2D eigenvalue weighted by molar-refractivity contribution is 5.20. The summed E-state index contributed by atoms with van der Waals surface area (Å²) in [7, 11) is 0. The third-order valence-corrected chi connectivity index (χ3v) is 3.80. The van der Waals surface area contributed by atoms with Crippen molar-refractivity contribution < 1.29 is 4.74 Å². The summed E-state index contributed by atoms with van der Waals surface area (Å²) in [6.07, 6.45) is 11.3. The Morgan fingerprint density at radius 2 is 1.94 bits per heavy atom. The van der Waals surface area contributed by atoms with Gasteiger partial charge in [-0.05, 0) is 50.7 Å². The van der Waals surface area contributed by atoms with Gasteiger partial charge in [0.1, 0.15) is 5.75 Å². The Bertz CT molecular complexity index is 367. The van der Waals surface area contributed by atoms with Crippen molar-refractivity contribution in [3.8, 4) is 5.75 Å². The number of nitrogens with one attached hydrogen (secondary N) is 1. The van der Waals surface area contributed by atoms with Gasteiger partial charge in [0.15, 0.2) is 0 Å². The van der Waals surface area contributed by atoms with Gasteiger partial charge in [0.05, 0.1) is 18.0 Å². The Kier molecular flexibility index (Phi) is 3.79. The van der Waals surface area contributed by atoms with Crippen molar-refractivity contribution in [2.75, 3.05) is 0 Å². The van der Waals surface area contributed by atoms with Crippen LogP contribution < -0.4 is 10.1 Å². The predicted octanol–water partition coefficient (Wildman–Crippen LogP) is 3.05. The van der Waals surface area contributed by atoms with E-state index in [-0.39, 0.29) is 0 Å². The van der Waals surface area contributed by atoms with E-state index in [1.54, 1.807) is 0 Å². The average molecular weight is 246 g/mol. The number of aromatic nitrogens is 1. The highest BCUT2D eigenvalue weighted by Crippen LogP contribution is 2.23. The smallest absolute Gasteiger partial charge is 0.138 e. The molecule has 2 saturated carbocycles. The monoisotopic (exact) mass is 246 g/mol. The molecule has 18 heavy (non-hydrogen) atoms. The van der Waals surface area contributed by atoms with Crippen LogP contribution >= 0.6 is 0 Å². The van der Waals surface area contributed by atoms with E-state index < -0.39 is 0 Å². The van der Waals surface area contributed by atoms with E-state index in [1.807, 2.05) is 6.20 Å². The summed E-state index contributed by atoms with van der Waals surface area (Å²) in [4.78, 5) is 4.46. The Labute approximate surface area is 109 Å². The summed E-state index contributed by atoms with van der Waals surface area (Å²) in [6.45, 7) is 0.883. The summed E-state index contributed by atoms with van der Waals surface area (Å²) in [5, 5.41) is 3.47. The number of hydrogen-bond donors (Lipinski definition) is 1. The minimum atomic E-state index is 0.413. The number of ether oxygens (including phenoxy) is 1. The van der Waals surface area contributed by atoms with Crippen molar-refractivity contribution in [2.45, 2.75) is 63.6 Å². The molecule has 98 valence electrons. The second-order valence-electron chi connectivity index (χ2n) is 5.52. The van der Waals surface area contributed by atoms with Crippen LogP contribution in [0.1, 0.15) is 50.6 Å². The highest BCUT2D eigenvalue weighted by Gasteiger charge is 2.20. The van der Waals surface area contributed by atoms with Crippen LogP contribution in [0.15, 0.2) is 18.3 Å². The zero-order chi connectivity index (χ0) is 12.2. The fourth-order valence-electron chi connectivity index (χ4n) is 2.50. The zero-order valence-electron chi connectivity index (χ0n) is 10.9. The summed E-state index contributed by atoms with van der Waals surface area (Å²) in [5.74, 6) is 0.928. The third kappa shape index (κ3) is 3.45. The van der Waals surface area contributed by atoms with Crippen LogP contribution in [0.3, 0.4) is 0 Å². The van der Waals surface area contributed by atoms with Crippen molar-refractivity contribution in [3.05, 3.63) is 24.0 Å². The minimum absolute atomic E-state index is 0.413. The van der Waals surface area contributed by atoms with E-state index in [1.165, 1.54) is 44.9 Å². The standard InChI is InChI=1S/C15H22N2O/c1-2-4-14(5-3-1)18-15-9-8-13(17-11-15)10-16-12-6-7-12/h8-9,11-12,14,16H,1-7,10H2. The van der Waals surface area contributed by atoms with Crippen LogP contribution in [0, 0.1) is 0 Å². The summed E-state index contributed by atoms with van der Waals surface area (Å²) >= 11 is 0. The molecule has 0 bridgehead atoms. The van der Waals surface area contributed by atoms with Crippen molar-refractivity contribution in [3.63, 3.8) is 0 Å². The molecule has 1 aromatic heterocycles. The number of nitrogens with zero attached hydrogens (tertiary/aromatic N) is 1. The maximum absolute atomic E-state index is 5.97. The Balaban J connectivity index is 1.49. The van der Waals surface area contributed by atoms with Crippen LogP contribution in [0.4, 0.5) is 0 Å². The second-order valence-corrected chi connectivity index (χ2v) is 5.52. The summed E-state index contributed by atoms with van der Waals surface area (Å²) in [5.41, 5.74) is 1.11. The topological polar surface area (TPSA) is 34.2 Å². The first-order valence-electron chi connectivity index (χ1n) is 7.25. The number of hydrogen-bond acceptors (Lipinski definition) is 3. The van der Waals surface area contributed by atoms with E-state index in [4.69, 9.17) is 4.74 Å². The molecule has 3 rings (SSSR count). The Morgan fingerprint density at radius 1 is 1.11 bits per heavy atom. The van der Waals surface area contributed by atoms with Gasteiger partial charge in [-0.1, -0.05) is 6.42 Å². The van der Waals surface area contributed by atoms with Crippen molar-refractivity contribution >= 4 is 0 Å². The molecule has 2 fully saturated rings. The van der Waals surface area contributed by atoms with Crippen molar-refractivity contribution in [2.24, 2.45) is 0 Å². The number of pyridine rings is 1. The SMILES string of the molecule is c1cc(CNC2CC2)ncc1OC1CCCCC1. The van der Waals surface area contributed by atoms with E-state index in [0.29, 0.717) is 6.10 Å².